The lowest BCUT2D eigenvalue weighted by molar-refractivity contribution is 0.163. The van der Waals surface area contributed by atoms with Gasteiger partial charge in [-0.1, -0.05) is 22.9 Å². The Morgan fingerprint density at radius 1 is 1.42 bits per heavy atom. The zero-order valence-corrected chi connectivity index (χ0v) is 13.2. The minimum absolute atomic E-state index is 0.227. The van der Waals surface area contributed by atoms with Gasteiger partial charge in [-0.2, -0.15) is 0 Å². The van der Waals surface area contributed by atoms with E-state index in [2.05, 4.69) is 40.3 Å². The predicted octanol–water partition coefficient (Wildman–Crippen LogP) is 2.88. The Hall–Kier alpha value is -0.580. The van der Waals surface area contributed by atoms with Gasteiger partial charge in [0.1, 0.15) is 5.75 Å². The molecule has 0 saturated heterocycles. The molecule has 1 aliphatic rings. The minimum atomic E-state index is -0.227. The molecule has 0 aliphatic carbocycles. The van der Waals surface area contributed by atoms with Gasteiger partial charge in [0.25, 0.3) is 0 Å². The van der Waals surface area contributed by atoms with Crippen LogP contribution in [0.5, 0.6) is 5.75 Å². The molecular formula is C15H22BrNO2. The second kappa shape index (κ2) is 6.73. The van der Waals surface area contributed by atoms with E-state index in [0.717, 1.165) is 42.8 Å². The molecule has 1 aliphatic heterocycles. The van der Waals surface area contributed by atoms with Crippen molar-refractivity contribution in [1.82, 2.24) is 5.32 Å². The fourth-order valence-corrected chi connectivity index (χ4v) is 3.15. The molecule has 1 aromatic carbocycles. The van der Waals surface area contributed by atoms with E-state index in [0.29, 0.717) is 5.92 Å². The first-order valence-corrected chi connectivity index (χ1v) is 7.68. The first-order valence-electron chi connectivity index (χ1n) is 6.89. The van der Waals surface area contributed by atoms with Gasteiger partial charge < -0.3 is 15.2 Å². The normalized spacial score (nSPS) is 16.8. The third-order valence-corrected chi connectivity index (χ3v) is 3.83. The first-order chi connectivity index (χ1) is 9.06. The summed E-state index contributed by atoms with van der Waals surface area (Å²) in [5, 5.41) is 12.8. The zero-order valence-electron chi connectivity index (χ0n) is 11.6. The Labute approximate surface area is 123 Å². The lowest BCUT2D eigenvalue weighted by atomic mass is 10.0. The van der Waals surface area contributed by atoms with Crippen LogP contribution in [0.25, 0.3) is 0 Å². The van der Waals surface area contributed by atoms with Gasteiger partial charge in [-0.05, 0) is 43.5 Å². The second-order valence-electron chi connectivity index (χ2n) is 5.47. The number of halogens is 1. The number of hydrogen-bond acceptors (Lipinski definition) is 3. The molecule has 3 nitrogen and oxygen atoms in total. The van der Waals surface area contributed by atoms with Gasteiger partial charge in [-0.15, -0.1) is 0 Å². The van der Waals surface area contributed by atoms with Crippen molar-refractivity contribution in [3.8, 4) is 5.75 Å². The number of aliphatic hydroxyl groups excluding tert-OH is 1. The van der Waals surface area contributed by atoms with Gasteiger partial charge in [0.2, 0.25) is 0 Å². The minimum Gasteiger partial charge on any atom is -0.493 e. The SMILES string of the molecule is C[C@H](CNCc1cc(Br)cc2c1OCC2)C[C@H](C)O. The summed E-state index contributed by atoms with van der Waals surface area (Å²) in [6.45, 7) is 6.50. The number of benzene rings is 1. The highest BCUT2D eigenvalue weighted by molar-refractivity contribution is 9.10. The highest BCUT2D eigenvalue weighted by Crippen LogP contribution is 2.32. The maximum Gasteiger partial charge on any atom is 0.127 e. The van der Waals surface area contributed by atoms with Crippen molar-refractivity contribution in [2.24, 2.45) is 5.92 Å². The molecule has 106 valence electrons. The number of aliphatic hydroxyl groups is 1. The van der Waals surface area contributed by atoms with Crippen LogP contribution in [0.15, 0.2) is 16.6 Å². The topological polar surface area (TPSA) is 41.5 Å². The van der Waals surface area contributed by atoms with Crippen LogP contribution < -0.4 is 10.1 Å². The molecule has 2 N–H and O–H groups in total. The average Bonchev–Trinajstić information content (AvgIpc) is 2.75. The van der Waals surface area contributed by atoms with Crippen LogP contribution in [0.2, 0.25) is 0 Å². The van der Waals surface area contributed by atoms with Crippen LogP contribution >= 0.6 is 15.9 Å². The van der Waals surface area contributed by atoms with Crippen molar-refractivity contribution in [1.29, 1.82) is 0 Å². The summed E-state index contributed by atoms with van der Waals surface area (Å²) in [7, 11) is 0. The van der Waals surface area contributed by atoms with Crippen molar-refractivity contribution in [3.63, 3.8) is 0 Å². The van der Waals surface area contributed by atoms with Crippen LogP contribution in [0.1, 0.15) is 31.4 Å². The van der Waals surface area contributed by atoms with E-state index in [1.165, 1.54) is 11.1 Å². The summed E-state index contributed by atoms with van der Waals surface area (Å²) in [4.78, 5) is 0. The molecule has 4 heteroatoms. The van der Waals surface area contributed by atoms with E-state index in [1.54, 1.807) is 0 Å². The Bertz CT molecular complexity index is 434. The Morgan fingerprint density at radius 3 is 2.95 bits per heavy atom. The number of hydrogen-bond donors (Lipinski definition) is 2. The van der Waals surface area contributed by atoms with Crippen molar-refractivity contribution >= 4 is 15.9 Å². The molecule has 1 aromatic rings. The lowest BCUT2D eigenvalue weighted by Crippen LogP contribution is -2.23. The van der Waals surface area contributed by atoms with Gasteiger partial charge in [-0.3, -0.25) is 0 Å². The van der Waals surface area contributed by atoms with E-state index < -0.39 is 0 Å². The van der Waals surface area contributed by atoms with Crippen molar-refractivity contribution < 1.29 is 9.84 Å². The Balaban J connectivity index is 1.90. The molecule has 0 unspecified atom stereocenters. The van der Waals surface area contributed by atoms with Gasteiger partial charge >= 0.3 is 0 Å². The summed E-state index contributed by atoms with van der Waals surface area (Å²) in [6.07, 6.45) is 1.61. The Kier molecular flexibility index (Phi) is 5.25. The molecule has 0 aromatic heterocycles. The highest BCUT2D eigenvalue weighted by Gasteiger charge is 2.17. The number of rotatable bonds is 6. The largest absolute Gasteiger partial charge is 0.493 e. The monoisotopic (exact) mass is 327 g/mol. The highest BCUT2D eigenvalue weighted by atomic mass is 79.9. The van der Waals surface area contributed by atoms with Crippen molar-refractivity contribution in [2.45, 2.75) is 39.3 Å². The summed E-state index contributed by atoms with van der Waals surface area (Å²) >= 11 is 3.55. The van der Waals surface area contributed by atoms with E-state index in [9.17, 15) is 5.11 Å². The van der Waals surface area contributed by atoms with E-state index in [1.807, 2.05) is 6.92 Å². The molecule has 2 atom stereocenters. The van der Waals surface area contributed by atoms with Crippen molar-refractivity contribution in [2.75, 3.05) is 13.2 Å². The summed E-state index contributed by atoms with van der Waals surface area (Å²) in [5.41, 5.74) is 2.51. The molecule has 2 rings (SSSR count). The molecule has 0 saturated carbocycles. The summed E-state index contributed by atoms with van der Waals surface area (Å²) in [6, 6.07) is 4.26. The maximum absolute atomic E-state index is 9.35. The van der Waals surface area contributed by atoms with Crippen LogP contribution in [0.3, 0.4) is 0 Å². The summed E-state index contributed by atoms with van der Waals surface area (Å²) in [5.74, 6) is 1.53. The molecular weight excluding hydrogens is 306 g/mol. The van der Waals surface area contributed by atoms with Crippen LogP contribution in [0.4, 0.5) is 0 Å². The van der Waals surface area contributed by atoms with Gasteiger partial charge in [0, 0.05) is 23.0 Å². The summed E-state index contributed by atoms with van der Waals surface area (Å²) < 4.78 is 6.82. The molecule has 0 amide bonds. The molecule has 19 heavy (non-hydrogen) atoms. The van der Waals surface area contributed by atoms with Gasteiger partial charge in [-0.25, -0.2) is 0 Å². The van der Waals surface area contributed by atoms with Gasteiger partial charge in [0.05, 0.1) is 12.7 Å². The molecule has 0 radical (unpaired) electrons. The quantitative estimate of drug-likeness (QED) is 0.844. The smallest absolute Gasteiger partial charge is 0.127 e. The Morgan fingerprint density at radius 2 is 2.21 bits per heavy atom. The van der Waals surface area contributed by atoms with Crippen LogP contribution in [-0.2, 0) is 13.0 Å². The predicted molar refractivity (Wildman–Crippen MR) is 80.5 cm³/mol. The lowest BCUT2D eigenvalue weighted by Gasteiger charge is -2.15. The fourth-order valence-electron chi connectivity index (χ4n) is 2.60. The fraction of sp³-hybridized carbons (Fsp3) is 0.600. The van der Waals surface area contributed by atoms with Crippen LogP contribution in [-0.4, -0.2) is 24.4 Å². The molecule has 0 fully saturated rings. The van der Waals surface area contributed by atoms with E-state index in [4.69, 9.17) is 4.74 Å². The number of fused-ring (bicyclic) bond motifs is 1. The average molecular weight is 328 g/mol. The number of nitrogens with one attached hydrogen (secondary N) is 1. The van der Waals surface area contributed by atoms with E-state index >= 15 is 0 Å². The molecule has 1 heterocycles. The maximum atomic E-state index is 9.35. The van der Waals surface area contributed by atoms with Crippen LogP contribution in [0, 0.1) is 5.92 Å². The second-order valence-corrected chi connectivity index (χ2v) is 6.39. The number of ether oxygens (including phenoxy) is 1. The zero-order chi connectivity index (χ0) is 13.8. The van der Waals surface area contributed by atoms with Gasteiger partial charge in [0.15, 0.2) is 0 Å². The molecule has 0 spiro atoms. The van der Waals surface area contributed by atoms with Crippen molar-refractivity contribution in [3.05, 3.63) is 27.7 Å². The first kappa shape index (κ1) is 14.8. The van der Waals surface area contributed by atoms with E-state index in [-0.39, 0.29) is 6.10 Å². The third-order valence-electron chi connectivity index (χ3n) is 3.38. The standard InChI is InChI=1S/C15H22BrNO2/c1-10(5-11(2)18)8-17-9-13-7-14(16)6-12-3-4-19-15(12)13/h6-7,10-11,17-18H,3-5,8-9H2,1-2H3/t10-,11-/m0/s1. The molecule has 0 bridgehead atoms. The third kappa shape index (κ3) is 4.20.